The highest BCUT2D eigenvalue weighted by atomic mass is 16.5. The molecule has 2 aromatic heterocycles. The summed E-state index contributed by atoms with van der Waals surface area (Å²) in [6, 6.07) is 27.3. The number of hydrogen-bond acceptors (Lipinski definition) is 7. The molecule has 5 N–H and O–H groups in total. The minimum absolute atomic E-state index is 0.0128. The molecule has 0 fully saturated rings. The van der Waals surface area contributed by atoms with Gasteiger partial charge in [-0.15, -0.1) is 0 Å². The van der Waals surface area contributed by atoms with Crippen molar-refractivity contribution in [2.75, 3.05) is 0 Å². The number of fused-ring (bicyclic) bond motifs is 1. The Morgan fingerprint density at radius 3 is 2.10 bits per heavy atom. The molecular formula is C38H38N6O6. The molecule has 0 radical (unpaired) electrons. The van der Waals surface area contributed by atoms with Gasteiger partial charge in [0.25, 0.3) is 5.91 Å². The Labute approximate surface area is 289 Å². The molecule has 0 saturated heterocycles. The van der Waals surface area contributed by atoms with E-state index >= 15 is 0 Å². The van der Waals surface area contributed by atoms with E-state index in [0.717, 1.165) is 22.0 Å². The smallest absolute Gasteiger partial charge is 0.408 e. The molecule has 3 atom stereocenters. The van der Waals surface area contributed by atoms with Crippen molar-refractivity contribution in [1.82, 2.24) is 31.2 Å². The van der Waals surface area contributed by atoms with Gasteiger partial charge in [0.2, 0.25) is 17.6 Å². The zero-order chi connectivity index (χ0) is 35.3. The van der Waals surface area contributed by atoms with Crippen LogP contribution in [0.4, 0.5) is 4.79 Å². The Morgan fingerprint density at radius 2 is 1.38 bits per heavy atom. The SMILES string of the molecule is CC(NC(=O)OCc1ccccc1)C(=O)N[C@@H](Cc1c[nH]c2ccccc12)C(=O)N[C@@H](Cc1ccccc1)C(=O)C(=O)NCc1ccccn1. The molecule has 0 aliphatic carbocycles. The lowest BCUT2D eigenvalue weighted by molar-refractivity contribution is -0.140. The van der Waals surface area contributed by atoms with E-state index in [0.29, 0.717) is 11.3 Å². The predicted octanol–water partition coefficient (Wildman–Crippen LogP) is 3.52. The van der Waals surface area contributed by atoms with Gasteiger partial charge >= 0.3 is 6.09 Å². The van der Waals surface area contributed by atoms with Gasteiger partial charge in [-0.25, -0.2) is 4.79 Å². The molecule has 5 aromatic rings. The molecule has 0 aliphatic rings. The number of aromatic amines is 1. The van der Waals surface area contributed by atoms with Gasteiger partial charge in [-0.05, 0) is 41.8 Å². The molecule has 256 valence electrons. The fourth-order valence-corrected chi connectivity index (χ4v) is 5.28. The molecule has 4 amide bonds. The van der Waals surface area contributed by atoms with Gasteiger partial charge in [-0.2, -0.15) is 0 Å². The number of pyridine rings is 1. The van der Waals surface area contributed by atoms with Crippen LogP contribution in [0, 0.1) is 0 Å². The molecule has 12 nitrogen and oxygen atoms in total. The Balaban J connectivity index is 1.32. The summed E-state index contributed by atoms with van der Waals surface area (Å²) in [4.78, 5) is 73.8. The van der Waals surface area contributed by atoms with E-state index < -0.39 is 47.7 Å². The highest BCUT2D eigenvalue weighted by molar-refractivity contribution is 6.38. The summed E-state index contributed by atoms with van der Waals surface area (Å²) in [5.74, 6) is -3.08. The predicted molar refractivity (Wildman–Crippen MR) is 186 cm³/mol. The summed E-state index contributed by atoms with van der Waals surface area (Å²) in [6.07, 6.45) is 2.59. The van der Waals surface area contributed by atoms with Crippen LogP contribution >= 0.6 is 0 Å². The third kappa shape index (κ3) is 9.86. The molecule has 0 saturated carbocycles. The van der Waals surface area contributed by atoms with Gasteiger partial charge in [0.15, 0.2) is 0 Å². The summed E-state index contributed by atoms with van der Waals surface area (Å²) >= 11 is 0. The lowest BCUT2D eigenvalue weighted by Crippen LogP contribution is -2.57. The van der Waals surface area contributed by atoms with Crippen LogP contribution in [0.25, 0.3) is 10.9 Å². The first-order valence-corrected chi connectivity index (χ1v) is 16.2. The zero-order valence-electron chi connectivity index (χ0n) is 27.4. The number of nitrogens with zero attached hydrogens (tertiary/aromatic N) is 1. The van der Waals surface area contributed by atoms with E-state index in [1.165, 1.54) is 6.92 Å². The Bertz CT molecular complexity index is 1920. The van der Waals surface area contributed by atoms with Crippen molar-refractivity contribution < 1.29 is 28.7 Å². The number of carbonyl (C=O) groups excluding carboxylic acids is 5. The molecule has 0 spiro atoms. The first-order chi connectivity index (χ1) is 24.3. The number of nitrogens with one attached hydrogen (secondary N) is 5. The molecule has 2 heterocycles. The van der Waals surface area contributed by atoms with Crippen LogP contribution in [-0.2, 0) is 49.9 Å². The van der Waals surface area contributed by atoms with Gasteiger partial charge in [-0.3, -0.25) is 24.2 Å². The Kier molecular flexibility index (Phi) is 12.0. The standard InChI is InChI=1S/C38H38N6O6/c1-25(42-38(49)50-24-27-14-6-3-7-15-27)35(46)44-33(21-28-22-40-31-18-9-8-17-30(28)31)36(47)43-32(20-26-12-4-2-5-13-26)34(45)37(48)41-23-29-16-10-11-19-39-29/h2-19,22,25,32-33,40H,20-21,23-24H2,1H3,(H,41,48)(H,42,49)(H,43,47)(H,44,46)/t25?,32-,33-/m0/s1. The maximum Gasteiger partial charge on any atom is 0.408 e. The van der Waals surface area contributed by atoms with Crippen LogP contribution in [0.3, 0.4) is 0 Å². The topological polar surface area (TPSA) is 171 Å². The van der Waals surface area contributed by atoms with Crippen molar-refractivity contribution >= 4 is 40.5 Å². The third-order valence-corrected chi connectivity index (χ3v) is 7.97. The van der Waals surface area contributed by atoms with Gasteiger partial charge < -0.3 is 31.0 Å². The van der Waals surface area contributed by atoms with Crippen LogP contribution in [0.5, 0.6) is 0 Å². The van der Waals surface area contributed by atoms with Crippen molar-refractivity contribution in [3.8, 4) is 0 Å². The molecule has 50 heavy (non-hydrogen) atoms. The van der Waals surface area contributed by atoms with Crippen LogP contribution < -0.4 is 21.3 Å². The highest BCUT2D eigenvalue weighted by Gasteiger charge is 2.32. The molecule has 1 unspecified atom stereocenters. The van der Waals surface area contributed by atoms with Crippen molar-refractivity contribution in [2.24, 2.45) is 0 Å². The van der Waals surface area contributed by atoms with E-state index in [-0.39, 0.29) is 26.0 Å². The fraction of sp³-hybridized carbons (Fsp3) is 0.211. The minimum Gasteiger partial charge on any atom is -0.445 e. The lowest BCUT2D eigenvalue weighted by Gasteiger charge is -2.24. The first kappa shape index (κ1) is 35.0. The number of carbonyl (C=O) groups is 5. The second-order valence-corrected chi connectivity index (χ2v) is 11.7. The molecule has 0 bridgehead atoms. The zero-order valence-corrected chi connectivity index (χ0v) is 27.4. The Hall–Kier alpha value is -6.30. The molecule has 12 heteroatoms. The number of ether oxygens (including phenoxy) is 1. The number of ketones is 1. The number of alkyl carbamates (subject to hydrolysis) is 1. The van der Waals surface area contributed by atoms with Crippen molar-refractivity contribution in [3.05, 3.63) is 138 Å². The number of H-pyrrole nitrogens is 1. The summed E-state index contributed by atoms with van der Waals surface area (Å²) in [5.41, 5.74) is 3.63. The lowest BCUT2D eigenvalue weighted by atomic mass is 9.99. The number of amides is 4. The van der Waals surface area contributed by atoms with E-state index in [9.17, 15) is 24.0 Å². The summed E-state index contributed by atoms with van der Waals surface area (Å²) in [7, 11) is 0. The van der Waals surface area contributed by atoms with Crippen molar-refractivity contribution in [3.63, 3.8) is 0 Å². The van der Waals surface area contributed by atoms with E-state index in [2.05, 4.69) is 31.2 Å². The van der Waals surface area contributed by atoms with Crippen LogP contribution in [0.15, 0.2) is 116 Å². The summed E-state index contributed by atoms with van der Waals surface area (Å²) in [5, 5.41) is 11.4. The first-order valence-electron chi connectivity index (χ1n) is 16.2. The molecule has 0 aliphatic heterocycles. The van der Waals surface area contributed by atoms with E-state index in [1.54, 1.807) is 67.0 Å². The fourth-order valence-electron chi connectivity index (χ4n) is 5.28. The van der Waals surface area contributed by atoms with Gasteiger partial charge in [-0.1, -0.05) is 84.9 Å². The van der Waals surface area contributed by atoms with E-state index in [1.807, 2.05) is 48.5 Å². The second-order valence-electron chi connectivity index (χ2n) is 11.7. The van der Waals surface area contributed by atoms with Gasteiger partial charge in [0.1, 0.15) is 24.7 Å². The Morgan fingerprint density at radius 1 is 0.720 bits per heavy atom. The number of para-hydroxylation sites is 1. The largest absolute Gasteiger partial charge is 0.445 e. The number of benzene rings is 3. The van der Waals surface area contributed by atoms with Gasteiger partial charge in [0.05, 0.1) is 12.2 Å². The molecule has 5 rings (SSSR count). The third-order valence-electron chi connectivity index (χ3n) is 7.97. The van der Waals surface area contributed by atoms with E-state index in [4.69, 9.17) is 4.74 Å². The van der Waals surface area contributed by atoms with Crippen molar-refractivity contribution in [2.45, 2.75) is 51.0 Å². The van der Waals surface area contributed by atoms with Crippen LogP contribution in [0.2, 0.25) is 0 Å². The average Bonchev–Trinajstić information content (AvgIpc) is 3.55. The van der Waals surface area contributed by atoms with Crippen LogP contribution in [0.1, 0.15) is 29.3 Å². The van der Waals surface area contributed by atoms with Crippen LogP contribution in [-0.4, -0.2) is 57.7 Å². The number of Topliss-reactive ketones (excluding diaryl/α,β-unsaturated/α-hetero) is 1. The monoisotopic (exact) mass is 674 g/mol. The van der Waals surface area contributed by atoms with Gasteiger partial charge in [0, 0.05) is 36.1 Å². The highest BCUT2D eigenvalue weighted by Crippen LogP contribution is 2.19. The maximum atomic E-state index is 14.0. The molecule has 3 aromatic carbocycles. The maximum absolute atomic E-state index is 14.0. The second kappa shape index (κ2) is 17.2. The normalized spacial score (nSPS) is 12.6. The number of hydrogen-bond donors (Lipinski definition) is 5. The molecular weight excluding hydrogens is 636 g/mol. The average molecular weight is 675 g/mol. The summed E-state index contributed by atoms with van der Waals surface area (Å²) in [6.45, 7) is 1.50. The summed E-state index contributed by atoms with van der Waals surface area (Å²) < 4.78 is 5.25. The number of rotatable bonds is 15. The quantitative estimate of drug-likeness (QED) is 0.106. The van der Waals surface area contributed by atoms with Crippen molar-refractivity contribution in [1.29, 1.82) is 0 Å². The number of aromatic nitrogens is 2. The minimum atomic E-state index is -1.25.